The Morgan fingerprint density at radius 1 is 0.826 bits per heavy atom. The van der Waals surface area contributed by atoms with E-state index < -0.39 is 6.43 Å². The summed E-state index contributed by atoms with van der Waals surface area (Å²) in [7, 11) is 0. The molecule has 0 saturated heterocycles. The van der Waals surface area contributed by atoms with Gasteiger partial charge >= 0.3 is 0 Å². The highest BCUT2D eigenvalue weighted by molar-refractivity contribution is 7.12. The lowest BCUT2D eigenvalue weighted by atomic mass is 10.7. The summed E-state index contributed by atoms with van der Waals surface area (Å²) in [5.74, 6) is 0. The van der Waals surface area contributed by atoms with Gasteiger partial charge in [-0.15, -0.1) is 20.4 Å². The molecule has 0 aromatic carbocycles. The summed E-state index contributed by atoms with van der Waals surface area (Å²) in [4.78, 5) is 0. The van der Waals surface area contributed by atoms with E-state index in [9.17, 15) is 8.78 Å². The Kier molecular flexibility index (Phi) is 21.7. The summed E-state index contributed by atoms with van der Waals surface area (Å²) in [6.07, 6.45) is -0.777. The minimum absolute atomic E-state index is 0.201. The molecule has 0 aliphatic heterocycles. The topological polar surface area (TPSA) is 51.6 Å². The molecule has 0 aliphatic carbocycles. The first-order valence-electron chi connectivity index (χ1n) is 7.53. The molecule has 0 saturated carbocycles. The summed E-state index contributed by atoms with van der Waals surface area (Å²) in [5, 5.41) is 16.5. The highest BCUT2D eigenvalue weighted by Gasteiger charge is 2.11. The SMILES string of the molecule is C=Cc1nnc(C)s1.CC.CC.CC.Cc1nnc(C(F)F)s1. The fourth-order valence-electron chi connectivity index (χ4n) is 0.794. The first kappa shape index (κ1) is 26.6. The third-order valence-electron chi connectivity index (χ3n) is 1.44. The average molecular weight is 367 g/mol. The van der Waals surface area contributed by atoms with Gasteiger partial charge in [-0.1, -0.05) is 70.8 Å². The van der Waals surface area contributed by atoms with Gasteiger partial charge in [-0.3, -0.25) is 0 Å². The van der Waals surface area contributed by atoms with E-state index in [0.717, 1.165) is 21.4 Å². The molecule has 2 rings (SSSR count). The van der Waals surface area contributed by atoms with E-state index in [-0.39, 0.29) is 5.01 Å². The molecule has 0 amide bonds. The molecule has 134 valence electrons. The Morgan fingerprint density at radius 3 is 1.43 bits per heavy atom. The summed E-state index contributed by atoms with van der Waals surface area (Å²) in [5.41, 5.74) is 0. The van der Waals surface area contributed by atoms with Crippen molar-refractivity contribution in [3.05, 3.63) is 26.6 Å². The maximum atomic E-state index is 11.7. The standard InChI is InChI=1S/C5H6N2S.C4H4F2N2S.3C2H6/c1-3-5-7-6-4(2)8-5;1-2-7-8-4(9-2)3(5)6;3*1-2/h3H,1H2,2H3;3H,1H3;3*1-2H3. The molecule has 0 unspecified atom stereocenters. The summed E-state index contributed by atoms with van der Waals surface area (Å²) < 4.78 is 23.4. The van der Waals surface area contributed by atoms with Crippen LogP contribution in [-0.4, -0.2) is 20.4 Å². The third-order valence-corrected chi connectivity index (χ3v) is 3.13. The Balaban J connectivity index is -0.000000264. The van der Waals surface area contributed by atoms with E-state index in [1.54, 1.807) is 24.3 Å². The first-order chi connectivity index (χ1) is 11.0. The molecule has 0 fully saturated rings. The zero-order valence-corrected chi connectivity index (χ0v) is 16.9. The van der Waals surface area contributed by atoms with E-state index in [4.69, 9.17) is 0 Å². The predicted octanol–water partition coefficient (Wildman–Crippen LogP) is 6.35. The van der Waals surface area contributed by atoms with Crippen molar-refractivity contribution in [3.8, 4) is 0 Å². The molecule has 2 aromatic rings. The van der Waals surface area contributed by atoms with Crippen LogP contribution in [0.1, 0.15) is 68.0 Å². The van der Waals surface area contributed by atoms with Crippen LogP contribution < -0.4 is 0 Å². The fourth-order valence-corrected chi connectivity index (χ4v) is 1.90. The molecule has 0 spiro atoms. The van der Waals surface area contributed by atoms with Gasteiger partial charge < -0.3 is 0 Å². The second-order valence-corrected chi connectivity index (χ2v) is 5.25. The quantitative estimate of drug-likeness (QED) is 0.621. The normalized spacial score (nSPS) is 8.13. The van der Waals surface area contributed by atoms with Crippen molar-refractivity contribution in [2.24, 2.45) is 0 Å². The van der Waals surface area contributed by atoms with E-state index >= 15 is 0 Å². The van der Waals surface area contributed by atoms with E-state index in [1.165, 1.54) is 0 Å². The van der Waals surface area contributed by atoms with E-state index in [2.05, 4.69) is 27.0 Å². The number of rotatable bonds is 2. The maximum Gasteiger partial charge on any atom is 0.291 e. The Morgan fingerprint density at radius 2 is 1.26 bits per heavy atom. The van der Waals surface area contributed by atoms with Crippen LogP contribution in [-0.2, 0) is 0 Å². The van der Waals surface area contributed by atoms with Crippen molar-refractivity contribution in [1.82, 2.24) is 20.4 Å². The van der Waals surface area contributed by atoms with Crippen molar-refractivity contribution in [2.45, 2.75) is 61.8 Å². The molecular formula is C15H28F2N4S2. The van der Waals surface area contributed by atoms with Gasteiger partial charge in [0.25, 0.3) is 6.43 Å². The summed E-state index contributed by atoms with van der Waals surface area (Å²) in [6.45, 7) is 19.1. The minimum Gasteiger partial charge on any atom is -0.202 e. The molecule has 0 bridgehead atoms. The van der Waals surface area contributed by atoms with Crippen molar-refractivity contribution in [3.63, 3.8) is 0 Å². The highest BCUT2D eigenvalue weighted by atomic mass is 32.1. The smallest absolute Gasteiger partial charge is 0.202 e. The van der Waals surface area contributed by atoms with Crippen LogP contribution in [0.15, 0.2) is 6.58 Å². The summed E-state index contributed by atoms with van der Waals surface area (Å²) in [6, 6.07) is 0. The van der Waals surface area contributed by atoms with Gasteiger partial charge in [-0.25, -0.2) is 8.78 Å². The summed E-state index contributed by atoms with van der Waals surface area (Å²) >= 11 is 2.47. The van der Waals surface area contributed by atoms with Gasteiger partial charge in [0.1, 0.15) is 15.0 Å². The average Bonchev–Trinajstić information content (AvgIpc) is 3.22. The van der Waals surface area contributed by atoms with Crippen molar-refractivity contribution in [1.29, 1.82) is 0 Å². The van der Waals surface area contributed by atoms with Crippen LogP contribution >= 0.6 is 22.7 Å². The van der Waals surface area contributed by atoms with E-state index in [0.29, 0.717) is 5.01 Å². The van der Waals surface area contributed by atoms with Crippen LogP contribution in [0.25, 0.3) is 6.08 Å². The Bertz CT molecular complexity index is 485. The number of nitrogens with zero attached hydrogens (tertiary/aromatic N) is 4. The molecular weight excluding hydrogens is 338 g/mol. The van der Waals surface area contributed by atoms with Gasteiger partial charge in [-0.05, 0) is 19.9 Å². The molecule has 0 aliphatic rings. The molecule has 23 heavy (non-hydrogen) atoms. The fraction of sp³-hybridized carbons (Fsp3) is 0.600. The second kappa shape index (κ2) is 18.8. The lowest BCUT2D eigenvalue weighted by Gasteiger charge is -1.84. The van der Waals surface area contributed by atoms with Crippen LogP contribution in [0, 0.1) is 13.8 Å². The number of aryl methyl sites for hydroxylation is 2. The molecule has 4 nitrogen and oxygen atoms in total. The number of hydrogen-bond donors (Lipinski definition) is 0. The van der Waals surface area contributed by atoms with Crippen molar-refractivity contribution >= 4 is 28.7 Å². The monoisotopic (exact) mass is 366 g/mol. The van der Waals surface area contributed by atoms with Gasteiger partial charge in [-0.2, -0.15) is 0 Å². The van der Waals surface area contributed by atoms with Gasteiger partial charge in [0.2, 0.25) is 0 Å². The number of alkyl halides is 2. The van der Waals surface area contributed by atoms with Crippen LogP contribution in [0.2, 0.25) is 0 Å². The molecule has 2 heterocycles. The zero-order valence-electron chi connectivity index (χ0n) is 15.2. The van der Waals surface area contributed by atoms with Crippen LogP contribution in [0.3, 0.4) is 0 Å². The minimum atomic E-state index is -2.48. The molecule has 0 radical (unpaired) electrons. The number of hydrogen-bond acceptors (Lipinski definition) is 6. The van der Waals surface area contributed by atoms with E-state index in [1.807, 2.05) is 48.5 Å². The predicted molar refractivity (Wildman–Crippen MR) is 98.4 cm³/mol. The number of halogens is 2. The zero-order chi connectivity index (χ0) is 18.8. The maximum absolute atomic E-state index is 11.7. The molecule has 0 N–H and O–H groups in total. The molecule has 2 aromatic heterocycles. The van der Waals surface area contributed by atoms with Gasteiger partial charge in [0.15, 0.2) is 5.01 Å². The Labute approximate surface area is 146 Å². The van der Waals surface area contributed by atoms with Gasteiger partial charge in [0.05, 0.1) is 0 Å². The highest BCUT2D eigenvalue weighted by Crippen LogP contribution is 2.21. The third kappa shape index (κ3) is 14.1. The largest absolute Gasteiger partial charge is 0.291 e. The lowest BCUT2D eigenvalue weighted by Crippen LogP contribution is -1.80. The lowest BCUT2D eigenvalue weighted by molar-refractivity contribution is 0.150. The van der Waals surface area contributed by atoms with Crippen molar-refractivity contribution in [2.75, 3.05) is 0 Å². The Hall–Kier alpha value is -1.28. The number of aromatic nitrogens is 4. The van der Waals surface area contributed by atoms with Crippen LogP contribution in [0.4, 0.5) is 8.78 Å². The first-order valence-corrected chi connectivity index (χ1v) is 9.17. The van der Waals surface area contributed by atoms with Crippen LogP contribution in [0.5, 0.6) is 0 Å². The molecule has 0 atom stereocenters. The molecule has 8 heteroatoms. The van der Waals surface area contributed by atoms with Gasteiger partial charge in [0, 0.05) is 0 Å². The van der Waals surface area contributed by atoms with Crippen molar-refractivity contribution < 1.29 is 8.78 Å². The second-order valence-electron chi connectivity index (χ2n) is 2.82.